The van der Waals surface area contributed by atoms with Gasteiger partial charge in [0.05, 0.1) is 10.6 Å². The Bertz CT molecular complexity index is 663. The number of hydrogen-bond donors (Lipinski definition) is 2. The summed E-state index contributed by atoms with van der Waals surface area (Å²) in [7, 11) is 0. The van der Waals surface area contributed by atoms with Crippen molar-refractivity contribution < 1.29 is 17.9 Å². The molecule has 1 aromatic rings. The fourth-order valence-corrected chi connectivity index (χ4v) is 3.19. The first-order valence-corrected chi connectivity index (χ1v) is 9.83. The Hall–Kier alpha value is -1.01. The highest BCUT2D eigenvalue weighted by Crippen LogP contribution is 2.34. The second kappa shape index (κ2) is 12.6. The van der Waals surface area contributed by atoms with Crippen LogP contribution in [-0.4, -0.2) is 56.4 Å². The van der Waals surface area contributed by atoms with Gasteiger partial charge in [0.25, 0.3) is 0 Å². The van der Waals surface area contributed by atoms with Gasteiger partial charge in [0.15, 0.2) is 5.96 Å². The number of anilines is 1. The molecule has 1 aromatic heterocycles. The minimum atomic E-state index is -4.45. The normalized spacial score (nSPS) is 17.2. The Kier molecular flexibility index (Phi) is 11.3. The number of aromatic nitrogens is 1. The van der Waals surface area contributed by atoms with Crippen molar-refractivity contribution in [2.45, 2.75) is 38.9 Å². The largest absolute Gasteiger partial charge is 0.417 e. The van der Waals surface area contributed by atoms with Crippen molar-refractivity contribution in [3.8, 4) is 0 Å². The van der Waals surface area contributed by atoms with E-state index in [1.807, 2.05) is 18.7 Å². The van der Waals surface area contributed by atoms with E-state index in [0.717, 1.165) is 37.6 Å². The first kappa shape index (κ1) is 26.0. The second-order valence-electron chi connectivity index (χ2n) is 6.41. The first-order chi connectivity index (χ1) is 13.3. The van der Waals surface area contributed by atoms with E-state index in [9.17, 15) is 13.2 Å². The second-order valence-corrected chi connectivity index (χ2v) is 6.82. The molecule has 0 saturated carbocycles. The SMILES string of the molecule is CCNC(=NCCCOCC)NC1CCN(c2ncc(C(F)(F)F)cc2Cl)C1.I. The fourth-order valence-electron chi connectivity index (χ4n) is 2.90. The van der Waals surface area contributed by atoms with Gasteiger partial charge in [-0.2, -0.15) is 13.2 Å². The van der Waals surface area contributed by atoms with Crippen LogP contribution in [-0.2, 0) is 10.9 Å². The van der Waals surface area contributed by atoms with Crippen LogP contribution in [0.3, 0.4) is 0 Å². The Morgan fingerprint density at radius 1 is 1.41 bits per heavy atom. The van der Waals surface area contributed by atoms with Crippen molar-refractivity contribution >= 4 is 47.4 Å². The van der Waals surface area contributed by atoms with E-state index in [1.54, 1.807) is 0 Å². The molecule has 0 radical (unpaired) electrons. The van der Waals surface area contributed by atoms with Crippen molar-refractivity contribution in [2.24, 2.45) is 4.99 Å². The van der Waals surface area contributed by atoms with Gasteiger partial charge in [-0.3, -0.25) is 4.99 Å². The summed E-state index contributed by atoms with van der Waals surface area (Å²) in [6, 6.07) is 1.03. The third kappa shape index (κ3) is 8.33. The van der Waals surface area contributed by atoms with Crippen LogP contribution in [0.15, 0.2) is 17.3 Å². The number of hydrogen-bond acceptors (Lipinski definition) is 4. The predicted molar refractivity (Wildman–Crippen MR) is 121 cm³/mol. The summed E-state index contributed by atoms with van der Waals surface area (Å²) < 4.78 is 43.6. The third-order valence-electron chi connectivity index (χ3n) is 4.24. The van der Waals surface area contributed by atoms with Gasteiger partial charge in [0, 0.05) is 51.6 Å². The highest BCUT2D eigenvalue weighted by atomic mass is 127. The number of halogens is 5. The quantitative estimate of drug-likeness (QED) is 0.223. The molecule has 2 N–H and O–H groups in total. The molecule has 1 fully saturated rings. The van der Waals surface area contributed by atoms with E-state index in [2.05, 4.69) is 20.6 Å². The zero-order chi connectivity index (χ0) is 20.6. The van der Waals surface area contributed by atoms with E-state index in [-0.39, 0.29) is 35.0 Å². The van der Waals surface area contributed by atoms with E-state index in [0.29, 0.717) is 38.7 Å². The number of guanidine groups is 1. The molecule has 1 saturated heterocycles. The number of aliphatic imine (C=N–C) groups is 1. The Morgan fingerprint density at radius 2 is 2.17 bits per heavy atom. The maximum Gasteiger partial charge on any atom is 0.417 e. The fraction of sp³-hybridized carbons (Fsp3) is 0.667. The number of nitrogens with zero attached hydrogens (tertiary/aromatic N) is 3. The summed E-state index contributed by atoms with van der Waals surface area (Å²) in [5.74, 6) is 1.09. The molecule has 2 heterocycles. The van der Waals surface area contributed by atoms with Crippen LogP contribution in [0, 0.1) is 0 Å². The molecule has 0 aliphatic carbocycles. The van der Waals surface area contributed by atoms with Gasteiger partial charge in [-0.1, -0.05) is 11.6 Å². The van der Waals surface area contributed by atoms with Gasteiger partial charge in [-0.05, 0) is 32.8 Å². The predicted octanol–water partition coefficient (Wildman–Crippen LogP) is 3.93. The standard InChI is InChI=1S/C18H27ClF3N5O.HI/c1-3-23-17(24-7-5-9-28-4-2)26-14-6-8-27(12-14)16-15(19)10-13(11-25-16)18(20,21)22;/h10-11,14H,3-9,12H2,1-2H3,(H2,23,24,26);1H. The lowest BCUT2D eigenvalue weighted by molar-refractivity contribution is -0.137. The summed E-state index contributed by atoms with van der Waals surface area (Å²) in [6.07, 6.45) is -1.98. The molecular weight excluding hydrogens is 522 g/mol. The average Bonchev–Trinajstić information content (AvgIpc) is 3.09. The minimum Gasteiger partial charge on any atom is -0.382 e. The highest BCUT2D eigenvalue weighted by Gasteiger charge is 2.33. The van der Waals surface area contributed by atoms with Crippen molar-refractivity contribution in [2.75, 3.05) is 44.3 Å². The van der Waals surface area contributed by atoms with Crippen molar-refractivity contribution in [3.05, 3.63) is 22.8 Å². The molecule has 0 spiro atoms. The molecule has 11 heteroatoms. The summed E-state index contributed by atoms with van der Waals surface area (Å²) in [4.78, 5) is 10.4. The maximum absolute atomic E-state index is 12.8. The van der Waals surface area contributed by atoms with E-state index < -0.39 is 11.7 Å². The van der Waals surface area contributed by atoms with Gasteiger partial charge in [-0.15, -0.1) is 24.0 Å². The molecule has 0 bridgehead atoms. The van der Waals surface area contributed by atoms with Crippen LogP contribution in [0.4, 0.5) is 19.0 Å². The lowest BCUT2D eigenvalue weighted by Gasteiger charge is -2.21. The third-order valence-corrected chi connectivity index (χ3v) is 4.52. The summed E-state index contributed by atoms with van der Waals surface area (Å²) in [5, 5.41) is 6.58. The van der Waals surface area contributed by atoms with Crippen molar-refractivity contribution in [3.63, 3.8) is 0 Å². The zero-order valence-corrected chi connectivity index (χ0v) is 19.6. The van der Waals surface area contributed by atoms with Crippen LogP contribution in [0.1, 0.15) is 32.3 Å². The Balaban J connectivity index is 0.00000420. The van der Waals surface area contributed by atoms with Crippen molar-refractivity contribution in [1.82, 2.24) is 15.6 Å². The van der Waals surface area contributed by atoms with Crippen molar-refractivity contribution in [1.29, 1.82) is 0 Å². The maximum atomic E-state index is 12.8. The van der Waals surface area contributed by atoms with Crippen LogP contribution in [0.5, 0.6) is 0 Å². The number of pyridine rings is 1. The van der Waals surface area contributed by atoms with Gasteiger partial charge in [0.1, 0.15) is 5.82 Å². The molecule has 6 nitrogen and oxygen atoms in total. The number of rotatable bonds is 8. The molecule has 1 atom stereocenters. The van der Waals surface area contributed by atoms with E-state index >= 15 is 0 Å². The molecule has 1 unspecified atom stereocenters. The summed E-state index contributed by atoms with van der Waals surface area (Å²) in [5.41, 5.74) is -0.844. The molecule has 2 rings (SSSR count). The monoisotopic (exact) mass is 549 g/mol. The van der Waals surface area contributed by atoms with Gasteiger partial charge >= 0.3 is 6.18 Å². The molecule has 0 amide bonds. The van der Waals surface area contributed by atoms with Crippen LogP contribution in [0.2, 0.25) is 5.02 Å². The summed E-state index contributed by atoms with van der Waals surface area (Å²) >= 11 is 6.06. The molecular formula is C18H28ClF3IN5O. The smallest absolute Gasteiger partial charge is 0.382 e. The minimum absolute atomic E-state index is 0. The lowest BCUT2D eigenvalue weighted by Crippen LogP contribution is -2.44. The van der Waals surface area contributed by atoms with Crippen LogP contribution >= 0.6 is 35.6 Å². The van der Waals surface area contributed by atoms with Gasteiger partial charge in [0.2, 0.25) is 0 Å². The lowest BCUT2D eigenvalue weighted by atomic mass is 10.2. The van der Waals surface area contributed by atoms with Crippen LogP contribution in [0.25, 0.3) is 0 Å². The van der Waals surface area contributed by atoms with Crippen LogP contribution < -0.4 is 15.5 Å². The number of alkyl halides is 3. The first-order valence-electron chi connectivity index (χ1n) is 9.45. The number of nitrogens with one attached hydrogen (secondary N) is 2. The Morgan fingerprint density at radius 3 is 2.79 bits per heavy atom. The highest BCUT2D eigenvalue weighted by molar-refractivity contribution is 14.0. The molecule has 0 aromatic carbocycles. The Labute approximate surface area is 191 Å². The molecule has 1 aliphatic rings. The molecule has 29 heavy (non-hydrogen) atoms. The molecule has 1 aliphatic heterocycles. The van der Waals surface area contributed by atoms with E-state index in [1.165, 1.54) is 0 Å². The zero-order valence-electron chi connectivity index (χ0n) is 16.6. The summed E-state index contributed by atoms with van der Waals surface area (Å²) in [6.45, 7) is 7.94. The average molecular weight is 550 g/mol. The number of ether oxygens (including phenoxy) is 1. The van der Waals surface area contributed by atoms with Gasteiger partial charge < -0.3 is 20.3 Å². The molecule has 166 valence electrons. The van der Waals surface area contributed by atoms with E-state index in [4.69, 9.17) is 16.3 Å². The van der Waals surface area contributed by atoms with Gasteiger partial charge in [-0.25, -0.2) is 4.98 Å². The topological polar surface area (TPSA) is 61.8 Å².